The Morgan fingerprint density at radius 2 is 1.96 bits per heavy atom. The summed E-state index contributed by atoms with van der Waals surface area (Å²) in [6, 6.07) is 11.8. The molecule has 2 N–H and O–H groups in total. The lowest BCUT2D eigenvalue weighted by Crippen LogP contribution is -2.47. The van der Waals surface area contributed by atoms with E-state index in [2.05, 4.69) is 15.6 Å². The Balaban J connectivity index is 1.52. The fraction of sp³-hybridized carbons (Fsp3) is 0.211. The molecule has 0 saturated heterocycles. The molecule has 0 bridgehead atoms. The van der Waals surface area contributed by atoms with Crippen LogP contribution in [0.1, 0.15) is 28.4 Å². The van der Waals surface area contributed by atoms with Crippen molar-refractivity contribution >= 4 is 17.8 Å². The number of methoxy groups -OCH3 is 1. The van der Waals surface area contributed by atoms with E-state index in [9.17, 15) is 9.59 Å². The number of carbonyl (C=O) groups excluding carboxylic acids is 2. The lowest BCUT2D eigenvalue weighted by molar-refractivity contribution is -0.120. The predicted molar refractivity (Wildman–Crippen MR) is 96.0 cm³/mol. The maximum absolute atomic E-state index is 12.5. The van der Waals surface area contributed by atoms with Crippen molar-refractivity contribution in [1.82, 2.24) is 10.6 Å². The first kappa shape index (κ1) is 16.9. The van der Waals surface area contributed by atoms with Crippen molar-refractivity contribution in [3.8, 4) is 17.2 Å². The second-order valence-electron chi connectivity index (χ2n) is 6.04. The molecule has 1 unspecified atom stereocenters. The molecule has 2 aliphatic rings. The molecule has 138 valence electrons. The number of guanidine groups is 1. The van der Waals surface area contributed by atoms with Gasteiger partial charge < -0.3 is 14.2 Å². The second kappa shape index (κ2) is 6.99. The summed E-state index contributed by atoms with van der Waals surface area (Å²) in [5.41, 5.74) is 1.24. The SMILES string of the molecule is COc1ccc(C2CC(=O)NC(NC(=O)c3ccc4c(c3)OCO4)=N2)cc1. The van der Waals surface area contributed by atoms with Crippen molar-refractivity contribution in [3.63, 3.8) is 0 Å². The predicted octanol–water partition coefficient (Wildman–Crippen LogP) is 1.77. The Kier molecular flexibility index (Phi) is 4.37. The van der Waals surface area contributed by atoms with Crippen LogP contribution in [0.25, 0.3) is 0 Å². The summed E-state index contributed by atoms with van der Waals surface area (Å²) in [5.74, 6) is 1.33. The van der Waals surface area contributed by atoms with Crippen molar-refractivity contribution in [2.75, 3.05) is 13.9 Å². The van der Waals surface area contributed by atoms with Gasteiger partial charge in [0, 0.05) is 5.56 Å². The first-order valence-electron chi connectivity index (χ1n) is 8.35. The van der Waals surface area contributed by atoms with Gasteiger partial charge in [0.05, 0.1) is 19.6 Å². The standard InChI is InChI=1S/C19H17N3O5/c1-25-13-5-2-11(3-6-13)14-9-17(23)21-19(20-14)22-18(24)12-4-7-15-16(8-12)27-10-26-15/h2-8,14H,9-10H2,1H3,(H2,20,21,22,23,24). The van der Waals surface area contributed by atoms with Crippen LogP contribution in [0.15, 0.2) is 47.5 Å². The quantitative estimate of drug-likeness (QED) is 0.862. The fourth-order valence-electron chi connectivity index (χ4n) is 2.89. The molecule has 2 heterocycles. The summed E-state index contributed by atoms with van der Waals surface area (Å²) in [5, 5.41) is 5.23. The first-order valence-corrected chi connectivity index (χ1v) is 8.35. The molecule has 0 aliphatic carbocycles. The van der Waals surface area contributed by atoms with Gasteiger partial charge in [0.25, 0.3) is 5.91 Å². The lowest BCUT2D eigenvalue weighted by atomic mass is 10.0. The third-order valence-electron chi connectivity index (χ3n) is 4.29. The number of amides is 2. The zero-order valence-corrected chi connectivity index (χ0v) is 14.5. The van der Waals surface area contributed by atoms with Crippen LogP contribution in [0.3, 0.4) is 0 Å². The van der Waals surface area contributed by atoms with E-state index in [1.54, 1.807) is 25.3 Å². The van der Waals surface area contributed by atoms with E-state index in [1.807, 2.05) is 24.3 Å². The number of aliphatic imine (C=N–C) groups is 1. The number of carbonyl (C=O) groups is 2. The van der Waals surface area contributed by atoms with Gasteiger partial charge in [-0.3, -0.25) is 20.2 Å². The minimum atomic E-state index is -0.400. The molecule has 8 heteroatoms. The van der Waals surface area contributed by atoms with Crippen molar-refractivity contribution in [3.05, 3.63) is 53.6 Å². The second-order valence-corrected chi connectivity index (χ2v) is 6.04. The maximum Gasteiger partial charge on any atom is 0.258 e. The number of nitrogens with zero attached hydrogens (tertiary/aromatic N) is 1. The van der Waals surface area contributed by atoms with Crippen LogP contribution >= 0.6 is 0 Å². The van der Waals surface area contributed by atoms with Crippen LogP contribution in [0.4, 0.5) is 0 Å². The van der Waals surface area contributed by atoms with Gasteiger partial charge in [-0.25, -0.2) is 4.99 Å². The summed E-state index contributed by atoms with van der Waals surface area (Å²) < 4.78 is 15.7. The molecule has 2 aliphatic heterocycles. The van der Waals surface area contributed by atoms with E-state index in [4.69, 9.17) is 14.2 Å². The molecule has 2 aromatic rings. The highest BCUT2D eigenvalue weighted by Gasteiger charge is 2.24. The van der Waals surface area contributed by atoms with E-state index in [-0.39, 0.29) is 31.1 Å². The van der Waals surface area contributed by atoms with E-state index in [0.717, 1.165) is 11.3 Å². The molecule has 8 nitrogen and oxygen atoms in total. The van der Waals surface area contributed by atoms with Crippen LogP contribution in [-0.4, -0.2) is 31.7 Å². The molecule has 27 heavy (non-hydrogen) atoms. The molecule has 0 radical (unpaired) electrons. The summed E-state index contributed by atoms with van der Waals surface area (Å²) in [6.45, 7) is 0.132. The Labute approximate surface area is 155 Å². The molecule has 0 spiro atoms. The van der Waals surface area contributed by atoms with Crippen molar-refractivity contribution in [2.45, 2.75) is 12.5 Å². The van der Waals surface area contributed by atoms with E-state index in [1.165, 1.54) is 0 Å². The largest absolute Gasteiger partial charge is 0.497 e. The average Bonchev–Trinajstić information content (AvgIpc) is 3.15. The monoisotopic (exact) mass is 367 g/mol. The van der Waals surface area contributed by atoms with E-state index < -0.39 is 5.91 Å². The molecule has 4 rings (SSSR count). The third kappa shape index (κ3) is 3.55. The summed E-state index contributed by atoms with van der Waals surface area (Å²) in [6.07, 6.45) is 0.204. The number of rotatable bonds is 3. The summed E-state index contributed by atoms with van der Waals surface area (Å²) in [4.78, 5) is 29.0. The highest BCUT2D eigenvalue weighted by atomic mass is 16.7. The Hall–Kier alpha value is -3.55. The lowest BCUT2D eigenvalue weighted by Gasteiger charge is -2.21. The van der Waals surface area contributed by atoms with Gasteiger partial charge >= 0.3 is 0 Å². The number of nitrogens with one attached hydrogen (secondary N) is 2. The van der Waals surface area contributed by atoms with Crippen LogP contribution in [0, 0.1) is 0 Å². The van der Waals surface area contributed by atoms with Gasteiger partial charge in [-0.1, -0.05) is 12.1 Å². The number of hydrogen-bond donors (Lipinski definition) is 2. The Morgan fingerprint density at radius 1 is 1.19 bits per heavy atom. The molecule has 0 fully saturated rings. The maximum atomic E-state index is 12.5. The zero-order chi connectivity index (χ0) is 18.8. The smallest absolute Gasteiger partial charge is 0.258 e. The van der Waals surface area contributed by atoms with Gasteiger partial charge in [-0.05, 0) is 35.9 Å². The van der Waals surface area contributed by atoms with E-state index in [0.29, 0.717) is 17.1 Å². The fourth-order valence-corrected chi connectivity index (χ4v) is 2.89. The number of benzene rings is 2. The van der Waals surface area contributed by atoms with Crippen LogP contribution in [0.2, 0.25) is 0 Å². The van der Waals surface area contributed by atoms with E-state index >= 15 is 0 Å². The van der Waals surface area contributed by atoms with Gasteiger partial charge in [-0.2, -0.15) is 0 Å². The summed E-state index contributed by atoms with van der Waals surface area (Å²) >= 11 is 0. The van der Waals surface area contributed by atoms with Crippen LogP contribution in [-0.2, 0) is 4.79 Å². The number of hydrogen-bond acceptors (Lipinski definition) is 6. The zero-order valence-electron chi connectivity index (χ0n) is 14.5. The minimum Gasteiger partial charge on any atom is -0.497 e. The average molecular weight is 367 g/mol. The van der Waals surface area contributed by atoms with Gasteiger partial charge in [0.15, 0.2) is 11.5 Å². The molecular formula is C19H17N3O5. The summed E-state index contributed by atoms with van der Waals surface area (Å²) in [7, 11) is 1.59. The molecular weight excluding hydrogens is 350 g/mol. The van der Waals surface area contributed by atoms with Crippen molar-refractivity contribution in [1.29, 1.82) is 0 Å². The first-order chi connectivity index (χ1) is 13.1. The van der Waals surface area contributed by atoms with Crippen LogP contribution in [0.5, 0.6) is 17.2 Å². The molecule has 0 saturated carbocycles. The Morgan fingerprint density at radius 3 is 2.74 bits per heavy atom. The highest BCUT2D eigenvalue weighted by Crippen LogP contribution is 2.32. The highest BCUT2D eigenvalue weighted by molar-refractivity contribution is 6.10. The van der Waals surface area contributed by atoms with Gasteiger partial charge in [0.2, 0.25) is 18.7 Å². The topological polar surface area (TPSA) is 98.3 Å². The minimum absolute atomic E-state index is 0.120. The third-order valence-corrected chi connectivity index (χ3v) is 4.29. The Bertz CT molecular complexity index is 923. The number of ether oxygens (including phenoxy) is 3. The van der Waals surface area contributed by atoms with Crippen molar-refractivity contribution < 1.29 is 23.8 Å². The van der Waals surface area contributed by atoms with Crippen LogP contribution < -0.4 is 24.8 Å². The normalized spacial score (nSPS) is 17.7. The molecule has 2 aromatic carbocycles. The number of fused-ring (bicyclic) bond motifs is 1. The van der Waals surface area contributed by atoms with Crippen molar-refractivity contribution in [2.24, 2.45) is 4.99 Å². The molecule has 2 amide bonds. The molecule has 0 aromatic heterocycles. The van der Waals surface area contributed by atoms with Gasteiger partial charge in [0.1, 0.15) is 5.75 Å². The van der Waals surface area contributed by atoms with Gasteiger partial charge in [-0.15, -0.1) is 0 Å². The molecule has 1 atom stereocenters.